The number of hydrogen-bond acceptors (Lipinski definition) is 5. The number of carboxylic acids is 1. The standard InChI is InChI=1S/C32H31N5O2/c38-32(39)26-15-16-33-29(21-26)31-34-28-9-4-5-10-30(28)37(31)27-13-11-25(12-14-27)23-36-18-6-17-35(19-20-36)22-24-7-2-1-3-8-24/h1-5,7-16,21H,6,17-20,22-23H2,(H,38,39). The van der Waals surface area contributed by atoms with Gasteiger partial charge in [0.1, 0.15) is 5.69 Å². The number of benzene rings is 3. The highest BCUT2D eigenvalue weighted by Crippen LogP contribution is 2.28. The van der Waals surface area contributed by atoms with Gasteiger partial charge in [0, 0.05) is 38.1 Å². The molecule has 6 rings (SSSR count). The Hall–Kier alpha value is -4.33. The van der Waals surface area contributed by atoms with Gasteiger partial charge >= 0.3 is 5.97 Å². The van der Waals surface area contributed by atoms with Crippen LogP contribution in [-0.2, 0) is 13.1 Å². The second kappa shape index (κ2) is 11.2. The molecule has 0 unspecified atom stereocenters. The van der Waals surface area contributed by atoms with Crippen LogP contribution in [0, 0.1) is 0 Å². The second-order valence-electron chi connectivity index (χ2n) is 10.1. The molecule has 0 spiro atoms. The van der Waals surface area contributed by atoms with Gasteiger partial charge in [-0.05, 0) is 67.0 Å². The van der Waals surface area contributed by atoms with Crippen molar-refractivity contribution in [2.45, 2.75) is 19.5 Å². The van der Waals surface area contributed by atoms with Crippen molar-refractivity contribution in [1.82, 2.24) is 24.3 Å². The fourth-order valence-electron chi connectivity index (χ4n) is 5.34. The molecule has 3 aromatic carbocycles. The number of para-hydroxylation sites is 2. The van der Waals surface area contributed by atoms with Crippen molar-refractivity contribution in [1.29, 1.82) is 0 Å². The van der Waals surface area contributed by atoms with Crippen LogP contribution < -0.4 is 0 Å². The number of rotatable bonds is 7. The number of aromatic nitrogens is 3. The Morgan fingerprint density at radius 1 is 0.769 bits per heavy atom. The quantitative estimate of drug-likeness (QED) is 0.308. The summed E-state index contributed by atoms with van der Waals surface area (Å²) >= 11 is 0. The van der Waals surface area contributed by atoms with Gasteiger partial charge in [0.15, 0.2) is 5.82 Å². The molecule has 1 saturated heterocycles. The van der Waals surface area contributed by atoms with Gasteiger partial charge in [0.2, 0.25) is 0 Å². The van der Waals surface area contributed by atoms with E-state index in [0.717, 1.165) is 62.4 Å². The summed E-state index contributed by atoms with van der Waals surface area (Å²) in [5, 5.41) is 9.48. The van der Waals surface area contributed by atoms with Crippen molar-refractivity contribution >= 4 is 17.0 Å². The molecule has 1 fully saturated rings. The first-order valence-corrected chi connectivity index (χ1v) is 13.4. The van der Waals surface area contributed by atoms with E-state index in [1.54, 1.807) is 6.07 Å². The van der Waals surface area contributed by atoms with Crippen LogP contribution in [0.1, 0.15) is 27.9 Å². The summed E-state index contributed by atoms with van der Waals surface area (Å²) in [5.41, 5.74) is 6.12. The number of pyridine rings is 1. The number of carboxylic acid groups (broad SMARTS) is 1. The Kier molecular flexibility index (Phi) is 7.17. The van der Waals surface area contributed by atoms with E-state index in [1.807, 2.05) is 24.3 Å². The first kappa shape index (κ1) is 25.0. The third kappa shape index (κ3) is 5.60. The van der Waals surface area contributed by atoms with Gasteiger partial charge in [-0.1, -0.05) is 54.6 Å². The summed E-state index contributed by atoms with van der Waals surface area (Å²) in [5.74, 6) is -0.361. The summed E-state index contributed by atoms with van der Waals surface area (Å²) < 4.78 is 2.06. The normalized spacial score (nSPS) is 14.9. The van der Waals surface area contributed by atoms with Crippen molar-refractivity contribution in [3.63, 3.8) is 0 Å². The molecule has 39 heavy (non-hydrogen) atoms. The molecule has 1 aliphatic rings. The van der Waals surface area contributed by atoms with Crippen molar-refractivity contribution in [3.05, 3.63) is 114 Å². The van der Waals surface area contributed by atoms with E-state index in [2.05, 4.69) is 73.9 Å². The van der Waals surface area contributed by atoms with Crippen molar-refractivity contribution in [3.8, 4) is 17.2 Å². The van der Waals surface area contributed by atoms with E-state index in [0.29, 0.717) is 11.5 Å². The van der Waals surface area contributed by atoms with Gasteiger partial charge in [-0.3, -0.25) is 19.4 Å². The first-order valence-electron chi connectivity index (χ1n) is 13.4. The maximum absolute atomic E-state index is 11.6. The number of nitrogens with zero attached hydrogens (tertiary/aromatic N) is 5. The highest BCUT2D eigenvalue weighted by molar-refractivity contribution is 5.89. The fraction of sp³-hybridized carbons (Fsp3) is 0.219. The fourth-order valence-corrected chi connectivity index (χ4v) is 5.34. The topological polar surface area (TPSA) is 74.5 Å². The highest BCUT2D eigenvalue weighted by atomic mass is 16.4. The lowest BCUT2D eigenvalue weighted by molar-refractivity contribution is 0.0697. The molecule has 5 aromatic rings. The zero-order chi connectivity index (χ0) is 26.6. The maximum Gasteiger partial charge on any atom is 0.335 e. The minimum absolute atomic E-state index is 0.189. The number of carbonyl (C=O) groups is 1. The molecule has 7 heteroatoms. The number of imidazole rings is 1. The lowest BCUT2D eigenvalue weighted by atomic mass is 10.1. The van der Waals surface area contributed by atoms with Crippen molar-refractivity contribution < 1.29 is 9.90 Å². The molecule has 1 aliphatic heterocycles. The van der Waals surface area contributed by atoms with E-state index in [-0.39, 0.29) is 5.56 Å². The smallest absolute Gasteiger partial charge is 0.335 e. The van der Waals surface area contributed by atoms with Crippen LogP contribution in [-0.4, -0.2) is 61.6 Å². The van der Waals surface area contributed by atoms with Crippen LogP contribution in [0.25, 0.3) is 28.2 Å². The number of fused-ring (bicyclic) bond motifs is 1. The number of aromatic carboxylic acids is 1. The Morgan fingerprint density at radius 3 is 2.15 bits per heavy atom. The summed E-state index contributed by atoms with van der Waals surface area (Å²) in [6.07, 6.45) is 2.69. The van der Waals surface area contributed by atoms with E-state index in [1.165, 1.54) is 23.4 Å². The predicted octanol–water partition coefficient (Wildman–Crippen LogP) is 5.49. The average Bonchev–Trinajstić information content (AvgIpc) is 3.23. The molecule has 0 aliphatic carbocycles. The van der Waals surface area contributed by atoms with Crippen molar-refractivity contribution in [2.24, 2.45) is 0 Å². The molecule has 2 aromatic heterocycles. The third-order valence-electron chi connectivity index (χ3n) is 7.33. The lowest BCUT2D eigenvalue weighted by Gasteiger charge is -2.22. The van der Waals surface area contributed by atoms with Gasteiger partial charge in [0.05, 0.1) is 16.6 Å². The zero-order valence-corrected chi connectivity index (χ0v) is 21.8. The molecule has 0 bridgehead atoms. The third-order valence-corrected chi connectivity index (χ3v) is 7.33. The highest BCUT2D eigenvalue weighted by Gasteiger charge is 2.18. The summed E-state index contributed by atoms with van der Waals surface area (Å²) in [6, 6.07) is 30.3. The molecule has 0 amide bonds. The summed E-state index contributed by atoms with van der Waals surface area (Å²) in [4.78, 5) is 25.9. The van der Waals surface area contributed by atoms with Crippen LogP contribution in [0.3, 0.4) is 0 Å². The van der Waals surface area contributed by atoms with Gasteiger partial charge in [-0.2, -0.15) is 0 Å². The second-order valence-corrected chi connectivity index (χ2v) is 10.1. The van der Waals surface area contributed by atoms with Crippen LogP contribution in [0.4, 0.5) is 0 Å². The molecule has 0 radical (unpaired) electrons. The van der Waals surface area contributed by atoms with Crippen molar-refractivity contribution in [2.75, 3.05) is 26.2 Å². The minimum Gasteiger partial charge on any atom is -0.478 e. The molecular weight excluding hydrogens is 486 g/mol. The minimum atomic E-state index is -0.984. The van der Waals surface area contributed by atoms with E-state index in [9.17, 15) is 9.90 Å². The van der Waals surface area contributed by atoms with Crippen LogP contribution in [0.5, 0.6) is 0 Å². The molecule has 1 N–H and O–H groups in total. The molecule has 0 atom stereocenters. The van der Waals surface area contributed by atoms with Gasteiger partial charge in [-0.25, -0.2) is 9.78 Å². The van der Waals surface area contributed by atoms with Gasteiger partial charge in [0.25, 0.3) is 0 Å². The van der Waals surface area contributed by atoms with Crippen LogP contribution in [0.15, 0.2) is 97.2 Å². The monoisotopic (exact) mass is 517 g/mol. The average molecular weight is 518 g/mol. The van der Waals surface area contributed by atoms with E-state index >= 15 is 0 Å². The number of hydrogen-bond donors (Lipinski definition) is 1. The molecule has 3 heterocycles. The molecule has 196 valence electrons. The SMILES string of the molecule is O=C(O)c1ccnc(-c2nc3ccccc3n2-c2ccc(CN3CCCN(Cc4ccccc4)CC3)cc2)c1. The Morgan fingerprint density at radius 2 is 1.44 bits per heavy atom. The lowest BCUT2D eigenvalue weighted by Crippen LogP contribution is -2.30. The van der Waals surface area contributed by atoms with E-state index < -0.39 is 5.97 Å². The predicted molar refractivity (Wildman–Crippen MR) is 153 cm³/mol. The van der Waals surface area contributed by atoms with Gasteiger partial charge < -0.3 is 5.11 Å². The largest absolute Gasteiger partial charge is 0.478 e. The Bertz CT molecular complexity index is 1580. The molecule has 7 nitrogen and oxygen atoms in total. The summed E-state index contributed by atoms with van der Waals surface area (Å²) in [6.45, 7) is 6.26. The van der Waals surface area contributed by atoms with Gasteiger partial charge in [-0.15, -0.1) is 0 Å². The maximum atomic E-state index is 11.6. The van der Waals surface area contributed by atoms with Crippen LogP contribution in [0.2, 0.25) is 0 Å². The molecular formula is C32H31N5O2. The first-order chi connectivity index (χ1) is 19.1. The van der Waals surface area contributed by atoms with E-state index in [4.69, 9.17) is 4.98 Å². The van der Waals surface area contributed by atoms with Crippen LogP contribution >= 0.6 is 0 Å². The summed E-state index contributed by atoms with van der Waals surface area (Å²) in [7, 11) is 0. The molecule has 0 saturated carbocycles. The zero-order valence-electron chi connectivity index (χ0n) is 21.8. The Balaban J connectivity index is 1.21. The Labute approximate surface area is 228 Å².